The van der Waals surface area contributed by atoms with Gasteiger partial charge in [0.05, 0.1) is 6.54 Å². The molecule has 0 radical (unpaired) electrons. The molecule has 0 saturated heterocycles. The van der Waals surface area contributed by atoms with Gasteiger partial charge in [-0.2, -0.15) is 0 Å². The van der Waals surface area contributed by atoms with E-state index in [-0.39, 0.29) is 12.5 Å². The minimum atomic E-state index is -0.0946. The summed E-state index contributed by atoms with van der Waals surface area (Å²) in [5.41, 5.74) is 7.20. The summed E-state index contributed by atoms with van der Waals surface area (Å²) >= 11 is 5.90. The highest BCUT2D eigenvalue weighted by molar-refractivity contribution is 6.31. The Hall–Kier alpha value is -1.06. The summed E-state index contributed by atoms with van der Waals surface area (Å²) in [6.07, 6.45) is 0. The number of carbonyl (C=O) groups excluding carboxylic acids is 1. The molecular weight excluding hydrogens is 212 g/mol. The fourth-order valence-electron chi connectivity index (χ4n) is 1.46. The summed E-state index contributed by atoms with van der Waals surface area (Å²) in [6, 6.07) is 5.49. The zero-order valence-corrected chi connectivity index (χ0v) is 9.71. The Balaban J connectivity index is 3.11. The maximum Gasteiger partial charge on any atom is 0.240 e. The summed E-state index contributed by atoms with van der Waals surface area (Å²) < 4.78 is 0. The molecule has 15 heavy (non-hydrogen) atoms. The van der Waals surface area contributed by atoms with Crippen LogP contribution in [0.5, 0.6) is 0 Å². The summed E-state index contributed by atoms with van der Waals surface area (Å²) in [4.78, 5) is 13.2. The Labute approximate surface area is 94.8 Å². The third-order valence-electron chi connectivity index (χ3n) is 2.25. The quantitative estimate of drug-likeness (QED) is 0.857. The van der Waals surface area contributed by atoms with Crippen molar-refractivity contribution in [1.82, 2.24) is 0 Å². The maximum absolute atomic E-state index is 11.6. The molecule has 1 amide bonds. The van der Waals surface area contributed by atoms with Gasteiger partial charge in [-0.25, -0.2) is 0 Å². The number of amides is 1. The number of rotatable bonds is 3. The molecule has 0 aliphatic carbocycles. The number of nitrogens with two attached hydrogens (primary N) is 1. The second-order valence-electron chi connectivity index (χ2n) is 3.27. The van der Waals surface area contributed by atoms with Gasteiger partial charge in [0, 0.05) is 17.3 Å². The van der Waals surface area contributed by atoms with Crippen molar-refractivity contribution in [2.24, 2.45) is 5.73 Å². The molecule has 3 nitrogen and oxygen atoms in total. The number of hydrogen-bond donors (Lipinski definition) is 1. The van der Waals surface area contributed by atoms with Gasteiger partial charge in [0.25, 0.3) is 0 Å². The Morgan fingerprint density at radius 2 is 2.20 bits per heavy atom. The summed E-state index contributed by atoms with van der Waals surface area (Å²) in [5, 5.41) is 0.624. The van der Waals surface area contributed by atoms with Gasteiger partial charge in [0.1, 0.15) is 0 Å². The number of likely N-dealkylation sites (N-methyl/N-ethyl adjacent to an activating group) is 1. The average molecular weight is 227 g/mol. The molecule has 0 atom stereocenters. The third kappa shape index (κ3) is 2.70. The van der Waals surface area contributed by atoms with Gasteiger partial charge in [0.15, 0.2) is 0 Å². The van der Waals surface area contributed by atoms with Crippen molar-refractivity contribution < 1.29 is 4.79 Å². The van der Waals surface area contributed by atoms with Crippen LogP contribution < -0.4 is 10.6 Å². The van der Waals surface area contributed by atoms with Crippen LogP contribution in [-0.2, 0) is 4.79 Å². The molecule has 0 bridgehead atoms. The standard InChI is InChI=1S/C11H15ClN2O/c1-3-14(11(15)7-13)10-6-9(12)5-4-8(10)2/h4-6H,3,7,13H2,1-2H3. The molecule has 0 unspecified atom stereocenters. The van der Waals surface area contributed by atoms with Gasteiger partial charge in [0.2, 0.25) is 5.91 Å². The smallest absolute Gasteiger partial charge is 0.240 e. The molecule has 0 heterocycles. The van der Waals surface area contributed by atoms with E-state index in [1.807, 2.05) is 19.9 Å². The molecular formula is C11H15ClN2O. The molecule has 0 fully saturated rings. The Morgan fingerprint density at radius 3 is 2.73 bits per heavy atom. The first kappa shape index (κ1) is 12.0. The number of carbonyl (C=O) groups is 1. The lowest BCUT2D eigenvalue weighted by Crippen LogP contribution is -2.36. The third-order valence-corrected chi connectivity index (χ3v) is 2.49. The van der Waals surface area contributed by atoms with Crippen LogP contribution >= 0.6 is 11.6 Å². The van der Waals surface area contributed by atoms with Crippen LogP contribution in [0.4, 0.5) is 5.69 Å². The van der Waals surface area contributed by atoms with E-state index in [1.54, 1.807) is 17.0 Å². The number of nitrogens with zero attached hydrogens (tertiary/aromatic N) is 1. The SMILES string of the molecule is CCN(C(=O)CN)c1cc(Cl)ccc1C. The number of halogens is 1. The minimum Gasteiger partial charge on any atom is -0.322 e. The van der Waals surface area contributed by atoms with E-state index in [2.05, 4.69) is 0 Å². The number of hydrogen-bond acceptors (Lipinski definition) is 2. The fraction of sp³-hybridized carbons (Fsp3) is 0.364. The lowest BCUT2D eigenvalue weighted by molar-refractivity contribution is -0.117. The highest BCUT2D eigenvalue weighted by Crippen LogP contribution is 2.24. The number of aryl methyl sites for hydroxylation is 1. The van der Waals surface area contributed by atoms with E-state index in [9.17, 15) is 4.79 Å². The van der Waals surface area contributed by atoms with Crippen LogP contribution in [0.2, 0.25) is 5.02 Å². The molecule has 0 saturated carbocycles. The molecule has 1 rings (SSSR count). The van der Waals surface area contributed by atoms with Crippen molar-refractivity contribution in [3.63, 3.8) is 0 Å². The first-order chi connectivity index (χ1) is 7.10. The van der Waals surface area contributed by atoms with Crippen molar-refractivity contribution >= 4 is 23.2 Å². The highest BCUT2D eigenvalue weighted by Gasteiger charge is 2.14. The van der Waals surface area contributed by atoms with Gasteiger partial charge in [-0.1, -0.05) is 17.7 Å². The average Bonchev–Trinajstić information content (AvgIpc) is 2.23. The van der Waals surface area contributed by atoms with Gasteiger partial charge in [-0.15, -0.1) is 0 Å². The molecule has 2 N–H and O–H groups in total. The molecule has 82 valence electrons. The summed E-state index contributed by atoms with van der Waals surface area (Å²) in [5.74, 6) is -0.0946. The molecule has 0 aliphatic rings. The first-order valence-electron chi connectivity index (χ1n) is 4.86. The van der Waals surface area contributed by atoms with Crippen molar-refractivity contribution in [2.45, 2.75) is 13.8 Å². The van der Waals surface area contributed by atoms with Crippen LogP contribution in [0.1, 0.15) is 12.5 Å². The fourth-order valence-corrected chi connectivity index (χ4v) is 1.63. The van der Waals surface area contributed by atoms with E-state index < -0.39 is 0 Å². The molecule has 0 spiro atoms. The lowest BCUT2D eigenvalue weighted by atomic mass is 10.2. The van der Waals surface area contributed by atoms with E-state index in [0.29, 0.717) is 11.6 Å². The second-order valence-corrected chi connectivity index (χ2v) is 3.71. The zero-order chi connectivity index (χ0) is 11.4. The van der Waals surface area contributed by atoms with Crippen LogP contribution in [-0.4, -0.2) is 19.0 Å². The minimum absolute atomic E-state index is 0.0137. The summed E-state index contributed by atoms with van der Waals surface area (Å²) in [6.45, 7) is 4.46. The van der Waals surface area contributed by atoms with Crippen molar-refractivity contribution in [3.8, 4) is 0 Å². The predicted octanol–water partition coefficient (Wildman–Crippen LogP) is 1.96. The van der Waals surface area contributed by atoms with Gasteiger partial charge in [-0.3, -0.25) is 4.79 Å². The molecule has 0 aromatic heterocycles. The van der Waals surface area contributed by atoms with Crippen molar-refractivity contribution in [2.75, 3.05) is 18.0 Å². The van der Waals surface area contributed by atoms with Crippen LogP contribution in [0.15, 0.2) is 18.2 Å². The molecule has 1 aromatic rings. The Bertz CT molecular complexity index is 366. The predicted molar refractivity (Wildman–Crippen MR) is 63.3 cm³/mol. The van der Waals surface area contributed by atoms with Crippen LogP contribution in [0, 0.1) is 6.92 Å². The van der Waals surface area contributed by atoms with Crippen LogP contribution in [0.25, 0.3) is 0 Å². The topological polar surface area (TPSA) is 46.3 Å². The monoisotopic (exact) mass is 226 g/mol. The number of anilines is 1. The van der Waals surface area contributed by atoms with Crippen LogP contribution in [0.3, 0.4) is 0 Å². The Kier molecular flexibility index (Phi) is 4.12. The highest BCUT2D eigenvalue weighted by atomic mass is 35.5. The molecule has 0 aliphatic heterocycles. The van der Waals surface area contributed by atoms with E-state index in [1.165, 1.54) is 0 Å². The van der Waals surface area contributed by atoms with Gasteiger partial charge >= 0.3 is 0 Å². The maximum atomic E-state index is 11.6. The molecule has 1 aromatic carbocycles. The van der Waals surface area contributed by atoms with Crippen molar-refractivity contribution in [1.29, 1.82) is 0 Å². The van der Waals surface area contributed by atoms with Crippen molar-refractivity contribution in [3.05, 3.63) is 28.8 Å². The zero-order valence-electron chi connectivity index (χ0n) is 8.96. The summed E-state index contributed by atoms with van der Waals surface area (Å²) in [7, 11) is 0. The normalized spacial score (nSPS) is 10.1. The number of benzene rings is 1. The van der Waals surface area contributed by atoms with Gasteiger partial charge in [-0.05, 0) is 31.5 Å². The first-order valence-corrected chi connectivity index (χ1v) is 5.24. The lowest BCUT2D eigenvalue weighted by Gasteiger charge is -2.22. The molecule has 4 heteroatoms. The van der Waals surface area contributed by atoms with Gasteiger partial charge < -0.3 is 10.6 Å². The van der Waals surface area contributed by atoms with E-state index >= 15 is 0 Å². The van der Waals surface area contributed by atoms with E-state index in [4.69, 9.17) is 17.3 Å². The largest absolute Gasteiger partial charge is 0.322 e. The second kappa shape index (κ2) is 5.14. The Morgan fingerprint density at radius 1 is 1.53 bits per heavy atom. The van der Waals surface area contributed by atoms with E-state index in [0.717, 1.165) is 11.3 Å².